The van der Waals surface area contributed by atoms with E-state index in [0.29, 0.717) is 12.6 Å². The van der Waals surface area contributed by atoms with Crippen LogP contribution in [0, 0.1) is 0 Å². The van der Waals surface area contributed by atoms with Gasteiger partial charge in [0, 0.05) is 12.6 Å². The normalized spacial score (nSPS) is 10.7. The third kappa shape index (κ3) is 4.86. The number of hydrogen-bond donors (Lipinski definition) is 1. The molecule has 0 unspecified atom stereocenters. The molecule has 1 aromatic carbocycles. The molecule has 0 aliphatic carbocycles. The molecule has 1 N–H and O–H groups in total. The molecule has 0 atom stereocenters. The van der Waals surface area contributed by atoms with Gasteiger partial charge in [-0.25, -0.2) is 0 Å². The molecule has 0 aromatic heterocycles. The molecule has 0 amide bonds. The van der Waals surface area contributed by atoms with Crippen LogP contribution in [-0.2, 0) is 0 Å². The van der Waals surface area contributed by atoms with Crippen LogP contribution < -0.4 is 14.8 Å². The Morgan fingerprint density at radius 3 is 2.56 bits per heavy atom. The van der Waals surface area contributed by atoms with E-state index in [2.05, 4.69) is 35.1 Å². The maximum atomic E-state index is 5.71. The predicted octanol–water partition coefficient (Wildman–Crippen LogP) is 3.61. The fourth-order valence-electron chi connectivity index (χ4n) is 1.73. The maximum absolute atomic E-state index is 5.71. The van der Waals surface area contributed by atoms with Gasteiger partial charge in [0.25, 0.3) is 0 Å². The SMILES string of the molecule is CCC(CC)NCCOc1ccc(OC)cc1Br. The average molecular weight is 316 g/mol. The van der Waals surface area contributed by atoms with E-state index >= 15 is 0 Å². The number of nitrogens with one attached hydrogen (secondary N) is 1. The summed E-state index contributed by atoms with van der Waals surface area (Å²) in [7, 11) is 1.65. The summed E-state index contributed by atoms with van der Waals surface area (Å²) in [5.74, 6) is 1.67. The van der Waals surface area contributed by atoms with E-state index in [1.54, 1.807) is 7.11 Å². The number of ether oxygens (including phenoxy) is 2. The number of halogens is 1. The largest absolute Gasteiger partial charge is 0.497 e. The van der Waals surface area contributed by atoms with Gasteiger partial charge in [0.2, 0.25) is 0 Å². The van der Waals surface area contributed by atoms with Crippen molar-refractivity contribution in [2.24, 2.45) is 0 Å². The lowest BCUT2D eigenvalue weighted by Crippen LogP contribution is -2.31. The Kier molecular flexibility index (Phi) is 7.13. The minimum Gasteiger partial charge on any atom is -0.497 e. The van der Waals surface area contributed by atoms with Crippen LogP contribution in [0.4, 0.5) is 0 Å². The van der Waals surface area contributed by atoms with Crippen molar-refractivity contribution in [1.29, 1.82) is 0 Å². The Bertz CT molecular complexity index is 354. The van der Waals surface area contributed by atoms with E-state index in [4.69, 9.17) is 9.47 Å². The van der Waals surface area contributed by atoms with Gasteiger partial charge in [0.05, 0.1) is 11.6 Å². The Morgan fingerprint density at radius 1 is 1.28 bits per heavy atom. The van der Waals surface area contributed by atoms with Crippen molar-refractivity contribution in [2.45, 2.75) is 32.7 Å². The molecule has 0 saturated carbocycles. The van der Waals surface area contributed by atoms with Crippen LogP contribution in [0.2, 0.25) is 0 Å². The summed E-state index contributed by atoms with van der Waals surface area (Å²) < 4.78 is 11.8. The fourth-order valence-corrected chi connectivity index (χ4v) is 2.20. The van der Waals surface area contributed by atoms with Crippen LogP contribution in [0.25, 0.3) is 0 Å². The Labute approximate surface area is 118 Å². The third-order valence-electron chi connectivity index (χ3n) is 2.92. The molecule has 102 valence electrons. The molecule has 0 heterocycles. The number of benzene rings is 1. The summed E-state index contributed by atoms with van der Waals surface area (Å²) in [6, 6.07) is 6.31. The monoisotopic (exact) mass is 315 g/mol. The molecule has 18 heavy (non-hydrogen) atoms. The molecular weight excluding hydrogens is 294 g/mol. The van der Waals surface area contributed by atoms with Gasteiger partial charge in [0.1, 0.15) is 18.1 Å². The molecule has 0 spiro atoms. The van der Waals surface area contributed by atoms with E-state index in [9.17, 15) is 0 Å². The highest BCUT2D eigenvalue weighted by molar-refractivity contribution is 9.10. The lowest BCUT2D eigenvalue weighted by Gasteiger charge is -2.15. The summed E-state index contributed by atoms with van der Waals surface area (Å²) in [6.45, 7) is 5.93. The summed E-state index contributed by atoms with van der Waals surface area (Å²) in [6.07, 6.45) is 2.31. The molecule has 0 saturated heterocycles. The van der Waals surface area contributed by atoms with Gasteiger partial charge in [0.15, 0.2) is 0 Å². The minimum absolute atomic E-state index is 0.591. The summed E-state index contributed by atoms with van der Waals surface area (Å²) in [4.78, 5) is 0. The molecular formula is C14H22BrNO2. The van der Waals surface area contributed by atoms with Crippen molar-refractivity contribution in [3.63, 3.8) is 0 Å². The summed E-state index contributed by atoms with van der Waals surface area (Å²) >= 11 is 3.47. The van der Waals surface area contributed by atoms with Crippen molar-refractivity contribution in [3.05, 3.63) is 22.7 Å². The summed E-state index contributed by atoms with van der Waals surface area (Å²) in [5.41, 5.74) is 0. The first-order valence-corrected chi connectivity index (χ1v) is 7.20. The molecule has 1 aromatic rings. The number of hydrogen-bond acceptors (Lipinski definition) is 3. The van der Waals surface area contributed by atoms with Gasteiger partial charge in [-0.3, -0.25) is 0 Å². The number of rotatable bonds is 8. The maximum Gasteiger partial charge on any atom is 0.133 e. The van der Waals surface area contributed by atoms with E-state index in [0.717, 1.165) is 35.4 Å². The van der Waals surface area contributed by atoms with Crippen LogP contribution >= 0.6 is 15.9 Å². The minimum atomic E-state index is 0.591. The first kappa shape index (κ1) is 15.3. The smallest absolute Gasteiger partial charge is 0.133 e. The van der Waals surface area contributed by atoms with Gasteiger partial charge >= 0.3 is 0 Å². The van der Waals surface area contributed by atoms with E-state index < -0.39 is 0 Å². The average Bonchev–Trinajstić information content (AvgIpc) is 2.40. The van der Waals surface area contributed by atoms with Crippen LogP contribution in [-0.4, -0.2) is 26.3 Å². The number of methoxy groups -OCH3 is 1. The lowest BCUT2D eigenvalue weighted by molar-refractivity contribution is 0.300. The second kappa shape index (κ2) is 8.38. The van der Waals surface area contributed by atoms with Gasteiger partial charge in [-0.1, -0.05) is 13.8 Å². The van der Waals surface area contributed by atoms with Crippen molar-refractivity contribution < 1.29 is 9.47 Å². The molecule has 3 nitrogen and oxygen atoms in total. The van der Waals surface area contributed by atoms with Gasteiger partial charge in [-0.15, -0.1) is 0 Å². The third-order valence-corrected chi connectivity index (χ3v) is 3.54. The van der Waals surface area contributed by atoms with Gasteiger partial charge < -0.3 is 14.8 Å². The molecule has 0 fully saturated rings. The standard InChI is InChI=1S/C14H22BrNO2/c1-4-11(5-2)16-8-9-18-14-7-6-12(17-3)10-13(14)15/h6-7,10-11,16H,4-5,8-9H2,1-3H3. The van der Waals surface area contributed by atoms with Gasteiger partial charge in [-0.05, 0) is 47.0 Å². The highest BCUT2D eigenvalue weighted by Crippen LogP contribution is 2.28. The topological polar surface area (TPSA) is 30.5 Å². The lowest BCUT2D eigenvalue weighted by atomic mass is 10.2. The first-order valence-electron chi connectivity index (χ1n) is 6.41. The van der Waals surface area contributed by atoms with Crippen LogP contribution in [0.15, 0.2) is 22.7 Å². The van der Waals surface area contributed by atoms with Crippen LogP contribution in [0.5, 0.6) is 11.5 Å². The van der Waals surface area contributed by atoms with Crippen molar-refractivity contribution in [1.82, 2.24) is 5.32 Å². The Balaban J connectivity index is 2.35. The predicted molar refractivity (Wildman–Crippen MR) is 78.6 cm³/mol. The zero-order valence-corrected chi connectivity index (χ0v) is 12.9. The molecule has 0 aliphatic rings. The highest BCUT2D eigenvalue weighted by Gasteiger charge is 2.04. The molecule has 4 heteroatoms. The van der Waals surface area contributed by atoms with Crippen molar-refractivity contribution in [2.75, 3.05) is 20.3 Å². The van der Waals surface area contributed by atoms with E-state index in [1.165, 1.54) is 0 Å². The van der Waals surface area contributed by atoms with Crippen LogP contribution in [0.3, 0.4) is 0 Å². The Morgan fingerprint density at radius 2 is 2.00 bits per heavy atom. The van der Waals surface area contributed by atoms with E-state index in [-0.39, 0.29) is 0 Å². The van der Waals surface area contributed by atoms with E-state index in [1.807, 2.05) is 18.2 Å². The molecule has 0 aliphatic heterocycles. The zero-order chi connectivity index (χ0) is 13.4. The Hall–Kier alpha value is -0.740. The molecule has 1 rings (SSSR count). The zero-order valence-electron chi connectivity index (χ0n) is 11.3. The van der Waals surface area contributed by atoms with Crippen molar-refractivity contribution in [3.8, 4) is 11.5 Å². The van der Waals surface area contributed by atoms with Gasteiger partial charge in [-0.2, -0.15) is 0 Å². The summed E-state index contributed by atoms with van der Waals surface area (Å²) in [5, 5.41) is 3.47. The van der Waals surface area contributed by atoms with Crippen molar-refractivity contribution >= 4 is 15.9 Å². The van der Waals surface area contributed by atoms with Crippen LogP contribution in [0.1, 0.15) is 26.7 Å². The molecule has 0 radical (unpaired) electrons. The first-order chi connectivity index (χ1) is 8.71. The fraction of sp³-hybridized carbons (Fsp3) is 0.571. The second-order valence-corrected chi connectivity index (χ2v) is 4.97. The molecule has 0 bridgehead atoms. The highest BCUT2D eigenvalue weighted by atomic mass is 79.9. The second-order valence-electron chi connectivity index (χ2n) is 4.11. The quantitative estimate of drug-likeness (QED) is 0.743.